The molecule has 0 aliphatic rings. The number of anilines is 1. The van der Waals surface area contributed by atoms with Crippen molar-refractivity contribution in [2.75, 3.05) is 24.3 Å². The number of hydrogen-bond donors (Lipinski definition) is 2. The zero-order valence-electron chi connectivity index (χ0n) is 14.7. The van der Waals surface area contributed by atoms with Crippen LogP contribution in [0.4, 0.5) is 17.1 Å². The molecule has 11 heteroatoms. The Morgan fingerprint density at radius 2 is 1.67 bits per heavy atom. The second-order valence-corrected chi connectivity index (χ2v) is 9.36. The van der Waals surface area contributed by atoms with E-state index in [1.165, 1.54) is 31.4 Å². The largest absolute Gasteiger partial charge is 0.495 e. The highest BCUT2D eigenvalue weighted by Crippen LogP contribution is 2.31. The van der Waals surface area contributed by atoms with Crippen molar-refractivity contribution in [2.24, 2.45) is 10.2 Å². The maximum absolute atomic E-state index is 12.1. The normalized spacial score (nSPS) is 12.4. The number of nitrogen functional groups attached to an aromatic ring is 1. The Morgan fingerprint density at radius 3 is 2.22 bits per heavy atom. The lowest BCUT2D eigenvalue weighted by Crippen LogP contribution is -2.16. The summed E-state index contributed by atoms with van der Waals surface area (Å²) in [5, 5.41) is 8.16. The third kappa shape index (κ3) is 5.74. The maximum atomic E-state index is 12.1. The van der Waals surface area contributed by atoms with Crippen molar-refractivity contribution in [3.05, 3.63) is 42.0 Å². The van der Waals surface area contributed by atoms with E-state index < -0.39 is 31.5 Å². The van der Waals surface area contributed by atoms with Crippen LogP contribution in [0.2, 0.25) is 0 Å². The van der Waals surface area contributed by atoms with E-state index in [1.807, 2.05) is 6.92 Å². The molecule has 0 bridgehead atoms. The van der Waals surface area contributed by atoms with Crippen LogP contribution in [0.25, 0.3) is 0 Å². The molecule has 0 spiro atoms. The predicted molar refractivity (Wildman–Crippen MR) is 101 cm³/mol. The molecule has 0 atom stereocenters. The minimum atomic E-state index is -4.36. The summed E-state index contributed by atoms with van der Waals surface area (Å²) in [6.45, 7) is 1.81. The van der Waals surface area contributed by atoms with Gasteiger partial charge in [0.25, 0.3) is 10.1 Å². The van der Waals surface area contributed by atoms with Gasteiger partial charge in [-0.05, 0) is 42.8 Å². The van der Waals surface area contributed by atoms with Gasteiger partial charge in [-0.3, -0.25) is 4.55 Å². The number of methoxy groups -OCH3 is 1. The van der Waals surface area contributed by atoms with Crippen molar-refractivity contribution in [1.82, 2.24) is 0 Å². The molecular formula is C16H19N3O6S2. The van der Waals surface area contributed by atoms with E-state index in [-0.39, 0.29) is 4.90 Å². The van der Waals surface area contributed by atoms with Crippen molar-refractivity contribution < 1.29 is 26.1 Å². The van der Waals surface area contributed by atoms with Gasteiger partial charge in [0, 0.05) is 6.07 Å². The fourth-order valence-corrected chi connectivity index (χ4v) is 4.66. The van der Waals surface area contributed by atoms with Crippen molar-refractivity contribution in [1.29, 1.82) is 0 Å². The highest BCUT2D eigenvalue weighted by molar-refractivity contribution is 7.93. The van der Waals surface area contributed by atoms with Crippen LogP contribution in [0.5, 0.6) is 5.75 Å². The van der Waals surface area contributed by atoms with Crippen molar-refractivity contribution in [3.63, 3.8) is 0 Å². The number of hydrogen-bond acceptors (Lipinski definition) is 8. The first-order valence-corrected chi connectivity index (χ1v) is 10.9. The summed E-state index contributed by atoms with van der Waals surface area (Å²) in [7, 11) is -6.71. The third-order valence-electron chi connectivity index (χ3n) is 3.63. The lowest BCUT2D eigenvalue weighted by Gasteiger charge is -2.07. The van der Waals surface area contributed by atoms with Gasteiger partial charge in [0.2, 0.25) is 0 Å². The topological polar surface area (TPSA) is 148 Å². The van der Waals surface area contributed by atoms with Crippen LogP contribution in [-0.2, 0) is 20.0 Å². The first-order valence-electron chi connectivity index (χ1n) is 7.66. The van der Waals surface area contributed by atoms with Gasteiger partial charge in [0.15, 0.2) is 9.84 Å². The molecule has 2 aromatic carbocycles. The molecule has 0 radical (unpaired) electrons. The van der Waals surface area contributed by atoms with E-state index in [1.54, 1.807) is 12.1 Å². The lowest BCUT2D eigenvalue weighted by molar-refractivity contribution is 0.417. The first kappa shape index (κ1) is 20.8. The van der Waals surface area contributed by atoms with E-state index in [4.69, 9.17) is 15.0 Å². The molecule has 2 rings (SSSR count). The number of ether oxygens (including phenoxy) is 1. The minimum absolute atomic E-state index is 0.0737. The van der Waals surface area contributed by atoms with Crippen LogP contribution in [0.15, 0.2) is 51.5 Å². The summed E-state index contributed by atoms with van der Waals surface area (Å²) in [6, 6.07) is 8.82. The Kier molecular flexibility index (Phi) is 6.19. The molecule has 3 N–H and O–H groups in total. The summed E-state index contributed by atoms with van der Waals surface area (Å²) >= 11 is 0. The summed E-state index contributed by atoms with van der Waals surface area (Å²) in [5.41, 5.74) is 8.03. The quantitative estimate of drug-likeness (QED) is 0.402. The molecule has 0 saturated carbocycles. The monoisotopic (exact) mass is 413 g/mol. The van der Waals surface area contributed by atoms with E-state index in [2.05, 4.69) is 10.2 Å². The van der Waals surface area contributed by atoms with Gasteiger partial charge in [-0.2, -0.15) is 18.6 Å². The van der Waals surface area contributed by atoms with Crippen LogP contribution < -0.4 is 10.5 Å². The number of rotatable bonds is 7. The van der Waals surface area contributed by atoms with Gasteiger partial charge < -0.3 is 10.5 Å². The summed E-state index contributed by atoms with van der Waals surface area (Å²) in [6.07, 6.45) is 0. The van der Waals surface area contributed by atoms with Crippen LogP contribution in [0.1, 0.15) is 5.56 Å². The van der Waals surface area contributed by atoms with Gasteiger partial charge in [-0.1, -0.05) is 0 Å². The van der Waals surface area contributed by atoms with Gasteiger partial charge in [0.05, 0.1) is 40.6 Å². The summed E-state index contributed by atoms with van der Waals surface area (Å²) in [5.74, 6) is -1.11. The number of nitrogens with zero attached hydrogens (tertiary/aromatic N) is 2. The molecule has 0 fully saturated rings. The fraction of sp³-hybridized carbons (Fsp3) is 0.250. The van der Waals surface area contributed by atoms with Gasteiger partial charge in [0.1, 0.15) is 5.75 Å². The van der Waals surface area contributed by atoms with Gasteiger partial charge >= 0.3 is 0 Å². The van der Waals surface area contributed by atoms with E-state index >= 15 is 0 Å². The third-order valence-corrected chi connectivity index (χ3v) is 6.34. The molecule has 0 heterocycles. The average molecular weight is 413 g/mol. The average Bonchev–Trinajstić information content (AvgIpc) is 2.59. The standard InChI is InChI=1S/C16H19N3O6S2/c1-11-9-14(17)16(25-2)10-15(11)19-18-12-3-5-13(6-4-12)26(20,21)7-8-27(22,23)24/h3-6,9-10H,7-8,17H2,1-2H3,(H,22,23,24)/b19-18+. The van der Waals surface area contributed by atoms with Crippen molar-refractivity contribution in [3.8, 4) is 5.75 Å². The second kappa shape index (κ2) is 8.03. The van der Waals surface area contributed by atoms with Gasteiger partial charge in [-0.25, -0.2) is 8.42 Å². The minimum Gasteiger partial charge on any atom is -0.495 e. The molecule has 0 saturated heterocycles. The van der Waals surface area contributed by atoms with Crippen LogP contribution in [0.3, 0.4) is 0 Å². The fourth-order valence-electron chi connectivity index (χ4n) is 2.15. The first-order chi connectivity index (χ1) is 12.5. The van der Waals surface area contributed by atoms with E-state index in [0.29, 0.717) is 22.8 Å². The Labute approximate surface area is 157 Å². The Morgan fingerprint density at radius 1 is 1.04 bits per heavy atom. The molecule has 2 aromatic rings. The highest BCUT2D eigenvalue weighted by Gasteiger charge is 2.18. The Hall–Kier alpha value is -2.50. The molecule has 9 nitrogen and oxygen atoms in total. The molecular weight excluding hydrogens is 394 g/mol. The predicted octanol–water partition coefficient (Wildman–Crippen LogP) is 2.66. The molecule has 0 amide bonds. The second-order valence-electron chi connectivity index (χ2n) is 5.68. The highest BCUT2D eigenvalue weighted by atomic mass is 32.2. The molecule has 146 valence electrons. The number of sulfone groups is 1. The van der Waals surface area contributed by atoms with Crippen LogP contribution in [-0.4, -0.2) is 40.0 Å². The molecule has 0 aliphatic heterocycles. The molecule has 0 aliphatic carbocycles. The van der Waals surface area contributed by atoms with Crippen molar-refractivity contribution in [2.45, 2.75) is 11.8 Å². The molecule has 0 aromatic heterocycles. The zero-order valence-corrected chi connectivity index (χ0v) is 16.3. The SMILES string of the molecule is COc1cc(/N=N/c2ccc(S(=O)(=O)CCS(=O)(=O)O)cc2)c(C)cc1N. The van der Waals surface area contributed by atoms with Crippen LogP contribution >= 0.6 is 0 Å². The maximum Gasteiger partial charge on any atom is 0.265 e. The number of nitrogens with two attached hydrogens (primary N) is 1. The zero-order chi connectivity index (χ0) is 20.2. The van der Waals surface area contributed by atoms with Crippen LogP contribution in [0, 0.1) is 6.92 Å². The molecule has 0 unspecified atom stereocenters. The Bertz CT molecular complexity index is 1060. The van der Waals surface area contributed by atoms with Crippen molar-refractivity contribution >= 4 is 37.0 Å². The number of aryl methyl sites for hydroxylation is 1. The smallest absolute Gasteiger partial charge is 0.265 e. The molecule has 27 heavy (non-hydrogen) atoms. The summed E-state index contributed by atoms with van der Waals surface area (Å²) < 4.78 is 59.4. The number of azo groups is 1. The summed E-state index contributed by atoms with van der Waals surface area (Å²) in [4.78, 5) is -0.0737. The number of benzene rings is 2. The lowest BCUT2D eigenvalue weighted by atomic mass is 10.1. The van der Waals surface area contributed by atoms with E-state index in [9.17, 15) is 16.8 Å². The Balaban J connectivity index is 2.20. The van der Waals surface area contributed by atoms with E-state index in [0.717, 1.165) is 5.56 Å². The van der Waals surface area contributed by atoms with Gasteiger partial charge in [-0.15, -0.1) is 0 Å².